The van der Waals surface area contributed by atoms with Gasteiger partial charge in [0.15, 0.2) is 0 Å². The zero-order valence-electron chi connectivity index (χ0n) is 6.88. The summed E-state index contributed by atoms with van der Waals surface area (Å²) in [7, 11) is 0. The standard InChI is InChI=1S/C8H9N5/c9-7(8-12-3-4-13-8)6-5-10-1-2-11-6/h1-5,7H,9H2,(H,12,13). The highest BCUT2D eigenvalue weighted by Gasteiger charge is 2.11. The van der Waals surface area contributed by atoms with Crippen LogP contribution in [0.15, 0.2) is 31.0 Å². The van der Waals surface area contributed by atoms with Crippen LogP contribution in [0.2, 0.25) is 0 Å². The van der Waals surface area contributed by atoms with Gasteiger partial charge in [0, 0.05) is 24.8 Å². The number of aromatic nitrogens is 4. The minimum absolute atomic E-state index is 0.330. The molecule has 0 radical (unpaired) electrons. The van der Waals surface area contributed by atoms with Crippen molar-refractivity contribution in [2.24, 2.45) is 5.73 Å². The van der Waals surface area contributed by atoms with Crippen LogP contribution in [0.25, 0.3) is 0 Å². The van der Waals surface area contributed by atoms with Crippen LogP contribution in [0.3, 0.4) is 0 Å². The van der Waals surface area contributed by atoms with E-state index in [1.54, 1.807) is 31.0 Å². The monoisotopic (exact) mass is 175 g/mol. The molecule has 2 rings (SSSR count). The van der Waals surface area contributed by atoms with Crippen LogP contribution in [0.4, 0.5) is 0 Å². The number of nitrogens with two attached hydrogens (primary N) is 1. The fourth-order valence-corrected chi connectivity index (χ4v) is 1.06. The number of nitrogens with zero attached hydrogens (tertiary/aromatic N) is 3. The van der Waals surface area contributed by atoms with E-state index in [1.165, 1.54) is 0 Å². The summed E-state index contributed by atoms with van der Waals surface area (Å²) in [5.41, 5.74) is 6.57. The molecule has 1 atom stereocenters. The van der Waals surface area contributed by atoms with Gasteiger partial charge in [-0.3, -0.25) is 9.97 Å². The second-order valence-corrected chi connectivity index (χ2v) is 2.58. The molecule has 0 amide bonds. The zero-order chi connectivity index (χ0) is 9.10. The molecule has 2 aromatic rings. The Morgan fingerprint density at radius 3 is 2.77 bits per heavy atom. The Morgan fingerprint density at radius 2 is 2.15 bits per heavy atom. The largest absolute Gasteiger partial charge is 0.347 e. The molecular formula is C8H9N5. The van der Waals surface area contributed by atoms with Gasteiger partial charge in [0.2, 0.25) is 0 Å². The van der Waals surface area contributed by atoms with Crippen molar-refractivity contribution < 1.29 is 0 Å². The van der Waals surface area contributed by atoms with E-state index in [4.69, 9.17) is 5.73 Å². The third-order valence-electron chi connectivity index (χ3n) is 1.72. The highest BCUT2D eigenvalue weighted by molar-refractivity contribution is 5.12. The third kappa shape index (κ3) is 1.54. The summed E-state index contributed by atoms with van der Waals surface area (Å²) in [5.74, 6) is 0.695. The topological polar surface area (TPSA) is 80.5 Å². The molecular weight excluding hydrogens is 166 g/mol. The minimum Gasteiger partial charge on any atom is -0.347 e. The summed E-state index contributed by atoms with van der Waals surface area (Å²) in [5, 5.41) is 0. The highest BCUT2D eigenvalue weighted by Crippen LogP contribution is 2.10. The molecule has 0 aliphatic heterocycles. The van der Waals surface area contributed by atoms with Gasteiger partial charge in [-0.25, -0.2) is 4.98 Å². The Hall–Kier alpha value is -1.75. The highest BCUT2D eigenvalue weighted by atomic mass is 15.0. The van der Waals surface area contributed by atoms with E-state index in [9.17, 15) is 0 Å². The first-order valence-corrected chi connectivity index (χ1v) is 3.88. The van der Waals surface area contributed by atoms with Gasteiger partial charge in [-0.2, -0.15) is 0 Å². The van der Waals surface area contributed by atoms with E-state index < -0.39 is 0 Å². The molecule has 3 N–H and O–H groups in total. The molecule has 0 aliphatic rings. The maximum absolute atomic E-state index is 5.86. The fourth-order valence-electron chi connectivity index (χ4n) is 1.06. The summed E-state index contributed by atoms with van der Waals surface area (Å²) in [6.45, 7) is 0. The summed E-state index contributed by atoms with van der Waals surface area (Å²) in [6, 6.07) is -0.330. The van der Waals surface area contributed by atoms with Crippen LogP contribution in [0.5, 0.6) is 0 Å². The van der Waals surface area contributed by atoms with Crippen LogP contribution in [0.1, 0.15) is 17.6 Å². The second-order valence-electron chi connectivity index (χ2n) is 2.58. The third-order valence-corrected chi connectivity index (χ3v) is 1.72. The number of hydrogen-bond donors (Lipinski definition) is 2. The smallest absolute Gasteiger partial charge is 0.129 e. The van der Waals surface area contributed by atoms with Crippen LogP contribution in [-0.4, -0.2) is 19.9 Å². The number of H-pyrrole nitrogens is 1. The molecule has 2 aromatic heterocycles. The summed E-state index contributed by atoms with van der Waals surface area (Å²) in [4.78, 5) is 15.0. The van der Waals surface area contributed by atoms with Gasteiger partial charge in [-0.05, 0) is 0 Å². The average Bonchev–Trinajstić information content (AvgIpc) is 2.71. The summed E-state index contributed by atoms with van der Waals surface area (Å²) < 4.78 is 0. The maximum Gasteiger partial charge on any atom is 0.129 e. The lowest BCUT2D eigenvalue weighted by Crippen LogP contribution is -2.15. The first-order chi connectivity index (χ1) is 6.38. The van der Waals surface area contributed by atoms with Crippen molar-refractivity contribution in [1.29, 1.82) is 0 Å². The first-order valence-electron chi connectivity index (χ1n) is 3.88. The minimum atomic E-state index is -0.330. The van der Waals surface area contributed by atoms with E-state index in [2.05, 4.69) is 19.9 Å². The van der Waals surface area contributed by atoms with Crippen LogP contribution in [0, 0.1) is 0 Å². The van der Waals surface area contributed by atoms with Gasteiger partial charge in [0.1, 0.15) is 11.9 Å². The summed E-state index contributed by atoms with van der Waals surface area (Å²) in [6.07, 6.45) is 8.24. The van der Waals surface area contributed by atoms with E-state index in [0.717, 1.165) is 0 Å². The summed E-state index contributed by atoms with van der Waals surface area (Å²) >= 11 is 0. The number of aromatic amines is 1. The lowest BCUT2D eigenvalue weighted by atomic mass is 10.2. The van der Waals surface area contributed by atoms with Crippen LogP contribution < -0.4 is 5.73 Å². The molecule has 13 heavy (non-hydrogen) atoms. The molecule has 2 heterocycles. The van der Waals surface area contributed by atoms with E-state index in [-0.39, 0.29) is 6.04 Å². The molecule has 0 bridgehead atoms. The Balaban J connectivity index is 2.29. The predicted octanol–water partition coefficient (Wildman–Crippen LogP) is 0.248. The predicted molar refractivity (Wildman–Crippen MR) is 46.7 cm³/mol. The van der Waals surface area contributed by atoms with Gasteiger partial charge in [-0.1, -0.05) is 0 Å². The van der Waals surface area contributed by atoms with Crippen LogP contribution in [-0.2, 0) is 0 Å². The first kappa shape index (κ1) is 7.88. The van der Waals surface area contributed by atoms with E-state index in [0.29, 0.717) is 11.5 Å². The molecule has 5 nitrogen and oxygen atoms in total. The maximum atomic E-state index is 5.86. The van der Waals surface area contributed by atoms with Crippen molar-refractivity contribution in [3.63, 3.8) is 0 Å². The Labute approximate surface area is 75.1 Å². The SMILES string of the molecule is NC(c1cnccn1)c1ncc[nH]1. The molecule has 0 spiro atoms. The molecule has 0 saturated carbocycles. The van der Waals surface area contributed by atoms with E-state index in [1.807, 2.05) is 0 Å². The number of nitrogens with one attached hydrogen (secondary N) is 1. The van der Waals surface area contributed by atoms with Crippen molar-refractivity contribution in [3.8, 4) is 0 Å². The second kappa shape index (κ2) is 3.32. The lowest BCUT2D eigenvalue weighted by Gasteiger charge is -2.05. The van der Waals surface area contributed by atoms with Crippen molar-refractivity contribution in [2.45, 2.75) is 6.04 Å². The number of hydrogen-bond acceptors (Lipinski definition) is 4. The quantitative estimate of drug-likeness (QED) is 0.685. The molecule has 0 aliphatic carbocycles. The Kier molecular flexibility index (Phi) is 2.01. The number of rotatable bonds is 2. The van der Waals surface area contributed by atoms with Gasteiger partial charge >= 0.3 is 0 Å². The van der Waals surface area contributed by atoms with Gasteiger partial charge in [0.25, 0.3) is 0 Å². The van der Waals surface area contributed by atoms with Crippen molar-refractivity contribution in [1.82, 2.24) is 19.9 Å². The van der Waals surface area contributed by atoms with Crippen molar-refractivity contribution in [3.05, 3.63) is 42.5 Å². The normalized spacial score (nSPS) is 12.7. The molecule has 5 heteroatoms. The van der Waals surface area contributed by atoms with Gasteiger partial charge in [-0.15, -0.1) is 0 Å². The Bertz CT molecular complexity index is 355. The lowest BCUT2D eigenvalue weighted by molar-refractivity contribution is 0.763. The van der Waals surface area contributed by atoms with Crippen molar-refractivity contribution in [2.75, 3.05) is 0 Å². The molecule has 0 saturated heterocycles. The molecule has 1 unspecified atom stereocenters. The molecule has 0 aromatic carbocycles. The van der Waals surface area contributed by atoms with E-state index >= 15 is 0 Å². The number of imidazole rings is 1. The van der Waals surface area contributed by atoms with Crippen LogP contribution >= 0.6 is 0 Å². The molecule has 66 valence electrons. The van der Waals surface area contributed by atoms with Gasteiger partial charge < -0.3 is 10.7 Å². The Morgan fingerprint density at radius 1 is 1.23 bits per heavy atom. The zero-order valence-corrected chi connectivity index (χ0v) is 6.88. The fraction of sp³-hybridized carbons (Fsp3) is 0.125. The van der Waals surface area contributed by atoms with Gasteiger partial charge in [0.05, 0.1) is 11.9 Å². The molecule has 0 fully saturated rings. The average molecular weight is 175 g/mol. The van der Waals surface area contributed by atoms with Crippen molar-refractivity contribution >= 4 is 0 Å².